The topological polar surface area (TPSA) is 83.6 Å². The van der Waals surface area contributed by atoms with Gasteiger partial charge in [0.05, 0.1) is 0 Å². The van der Waals surface area contributed by atoms with Gasteiger partial charge in [-0.25, -0.2) is 0 Å². The Morgan fingerprint density at radius 1 is 0.829 bits per heavy atom. The molecule has 4 atom stereocenters. The van der Waals surface area contributed by atoms with Gasteiger partial charge in [-0.1, -0.05) is 0 Å². The summed E-state index contributed by atoms with van der Waals surface area (Å²) in [6, 6.07) is 23.6. The van der Waals surface area contributed by atoms with Crippen LogP contribution in [-0.2, 0) is 20.0 Å². The molecule has 2 aliphatic heterocycles. The van der Waals surface area contributed by atoms with Crippen molar-refractivity contribution in [1.82, 2.24) is 9.03 Å². The summed E-state index contributed by atoms with van der Waals surface area (Å²) in [5.41, 5.74) is 1.99. The van der Waals surface area contributed by atoms with E-state index < -0.39 is 20.0 Å². The van der Waals surface area contributed by atoms with E-state index in [-0.39, 0.29) is 49.1 Å². The third kappa shape index (κ3) is 4.73. The Hall–Kier alpha value is -2.00. The molecule has 3 aromatic rings. The van der Waals surface area contributed by atoms with Crippen LogP contribution < -0.4 is 9.18 Å². The predicted octanol–water partition coefficient (Wildman–Crippen LogP) is 2.72. The van der Waals surface area contributed by atoms with Crippen molar-refractivity contribution in [2.45, 2.75) is 34.5 Å². The minimum absolute atomic E-state index is 0.0500. The Labute approximate surface area is 214 Å². The van der Waals surface area contributed by atoms with Crippen molar-refractivity contribution in [2.24, 2.45) is 11.8 Å². The first-order chi connectivity index (χ1) is 16.7. The van der Waals surface area contributed by atoms with E-state index in [1.807, 2.05) is 44.2 Å². The van der Waals surface area contributed by atoms with E-state index in [1.54, 1.807) is 40.7 Å². The third-order valence-corrected chi connectivity index (χ3v) is 13.3. The van der Waals surface area contributed by atoms with E-state index in [2.05, 4.69) is 16.9 Å². The number of rotatable bonds is 8. The molecule has 1 saturated carbocycles. The standard InChI is InChI=1S/C26H28N2O4S2Se/c1-18-8-12-20(13-9-18)33(29,30)27-16-23-24-17-28(34(31,32)21-14-10-19(2)11-15-21)25(23)26(24)35-22-6-4-3-5-7-22/h3-15,23-27H,16-17H2,1-2H3/t23-,24+,25-,26+/m0/s1. The average molecular weight is 576 g/mol. The maximum atomic E-state index is 13.6. The molecule has 1 N–H and O–H groups in total. The fraction of sp³-hybridized carbons (Fsp3) is 0.308. The first-order valence-electron chi connectivity index (χ1n) is 11.5. The van der Waals surface area contributed by atoms with Crippen molar-refractivity contribution in [3.63, 3.8) is 0 Å². The number of hydrogen-bond donors (Lipinski definition) is 1. The van der Waals surface area contributed by atoms with Gasteiger partial charge in [0.15, 0.2) is 0 Å². The van der Waals surface area contributed by atoms with Crippen LogP contribution in [0, 0.1) is 25.7 Å². The van der Waals surface area contributed by atoms with Gasteiger partial charge in [-0.05, 0) is 0 Å². The van der Waals surface area contributed by atoms with E-state index in [4.69, 9.17) is 0 Å². The summed E-state index contributed by atoms with van der Waals surface area (Å²) in [4.78, 5) is 0.739. The average Bonchev–Trinajstić information content (AvgIpc) is 3.42. The van der Waals surface area contributed by atoms with Crippen LogP contribution in [0.4, 0.5) is 0 Å². The van der Waals surface area contributed by atoms with Crippen LogP contribution in [0.25, 0.3) is 0 Å². The van der Waals surface area contributed by atoms with Crippen LogP contribution in [0.2, 0.25) is 4.82 Å². The van der Waals surface area contributed by atoms with Gasteiger partial charge in [-0.15, -0.1) is 0 Å². The van der Waals surface area contributed by atoms with Crippen molar-refractivity contribution in [3.8, 4) is 0 Å². The summed E-state index contributed by atoms with van der Waals surface area (Å²) < 4.78 is 58.5. The monoisotopic (exact) mass is 576 g/mol. The SMILES string of the molecule is Cc1ccc(S(=O)(=O)NC[C@H]2[C@H]3CN(S(=O)(=O)c4ccc(C)cc4)[C@@H]2[C@@H]3[Se]c2ccccc2)cc1. The number of aryl methyl sites for hydroxylation is 2. The molecule has 3 fully saturated rings. The van der Waals surface area contributed by atoms with Crippen LogP contribution >= 0.6 is 0 Å². The van der Waals surface area contributed by atoms with Gasteiger partial charge in [0, 0.05) is 0 Å². The fourth-order valence-corrected chi connectivity index (χ4v) is 11.3. The van der Waals surface area contributed by atoms with Gasteiger partial charge in [0.25, 0.3) is 0 Å². The Bertz CT molecular complexity index is 1410. The van der Waals surface area contributed by atoms with E-state index >= 15 is 0 Å². The van der Waals surface area contributed by atoms with Gasteiger partial charge in [-0.3, -0.25) is 0 Å². The predicted molar refractivity (Wildman–Crippen MR) is 138 cm³/mol. The Kier molecular flexibility index (Phi) is 6.67. The molecule has 6 nitrogen and oxygen atoms in total. The Morgan fingerprint density at radius 3 is 2.00 bits per heavy atom. The van der Waals surface area contributed by atoms with Gasteiger partial charge in [-0.2, -0.15) is 0 Å². The molecule has 0 unspecified atom stereocenters. The molecular weight excluding hydrogens is 547 g/mol. The van der Waals surface area contributed by atoms with Crippen LogP contribution in [0.1, 0.15) is 11.1 Å². The van der Waals surface area contributed by atoms with Gasteiger partial charge < -0.3 is 0 Å². The van der Waals surface area contributed by atoms with E-state index in [0.29, 0.717) is 11.4 Å². The van der Waals surface area contributed by atoms with Crippen molar-refractivity contribution < 1.29 is 16.8 Å². The molecule has 3 aliphatic rings. The van der Waals surface area contributed by atoms with Crippen molar-refractivity contribution in [2.75, 3.05) is 13.1 Å². The molecule has 1 aliphatic carbocycles. The first kappa shape index (κ1) is 24.7. The number of nitrogens with zero attached hydrogens (tertiary/aromatic N) is 1. The second-order valence-corrected chi connectivity index (χ2v) is 15.5. The zero-order chi connectivity index (χ0) is 24.8. The van der Waals surface area contributed by atoms with E-state index in [9.17, 15) is 16.8 Å². The molecule has 0 amide bonds. The zero-order valence-corrected chi connectivity index (χ0v) is 22.9. The van der Waals surface area contributed by atoms with Gasteiger partial charge >= 0.3 is 215 Å². The summed E-state index contributed by atoms with van der Waals surface area (Å²) in [7, 11) is -7.33. The number of fused-ring (bicyclic) bond motifs is 1. The molecule has 2 saturated heterocycles. The zero-order valence-electron chi connectivity index (χ0n) is 19.5. The number of benzene rings is 3. The van der Waals surface area contributed by atoms with Crippen molar-refractivity contribution >= 4 is 39.5 Å². The summed E-state index contributed by atoms with van der Waals surface area (Å²) in [5, 5.41) is 0. The molecule has 35 heavy (non-hydrogen) atoms. The maximum absolute atomic E-state index is 13.6. The number of hydrogen-bond acceptors (Lipinski definition) is 4. The first-order valence-corrected chi connectivity index (χ1v) is 16.3. The molecule has 184 valence electrons. The molecule has 6 rings (SSSR count). The Morgan fingerprint density at radius 2 is 1.40 bits per heavy atom. The summed E-state index contributed by atoms with van der Waals surface area (Å²) >= 11 is 0.0977. The summed E-state index contributed by atoms with van der Waals surface area (Å²) in [5.74, 6) is 0.0761. The second kappa shape index (κ2) is 9.46. The fourth-order valence-electron chi connectivity index (χ4n) is 4.99. The number of sulfonamides is 2. The molecular formula is C26H28N2O4S2Se. The second-order valence-electron chi connectivity index (χ2n) is 9.27. The van der Waals surface area contributed by atoms with Crippen molar-refractivity contribution in [3.05, 3.63) is 90.0 Å². The Balaban J connectivity index is 1.38. The molecule has 3 aromatic carbocycles. The normalized spacial score (nSPS) is 24.3. The summed E-state index contributed by atoms with van der Waals surface area (Å²) in [6.45, 7) is 4.50. The summed E-state index contributed by atoms with van der Waals surface area (Å²) in [6.07, 6.45) is 0. The minimum atomic E-state index is -3.67. The van der Waals surface area contributed by atoms with Crippen molar-refractivity contribution in [1.29, 1.82) is 0 Å². The van der Waals surface area contributed by atoms with E-state index in [0.717, 1.165) is 11.1 Å². The van der Waals surface area contributed by atoms with Crippen LogP contribution in [-0.4, -0.2) is 55.2 Å². The van der Waals surface area contributed by atoms with Crippen LogP contribution in [0.3, 0.4) is 0 Å². The van der Waals surface area contributed by atoms with Gasteiger partial charge in [0.1, 0.15) is 0 Å². The third-order valence-electron chi connectivity index (χ3n) is 6.95. The van der Waals surface area contributed by atoms with Crippen LogP contribution in [0.5, 0.6) is 0 Å². The molecule has 0 aromatic heterocycles. The molecule has 0 spiro atoms. The van der Waals surface area contributed by atoms with Gasteiger partial charge in [0.2, 0.25) is 0 Å². The number of nitrogens with one attached hydrogen (secondary N) is 1. The molecule has 0 radical (unpaired) electrons. The quantitative estimate of drug-likeness (QED) is 0.419. The molecule has 9 heteroatoms. The molecule has 2 bridgehead atoms. The molecule has 2 heterocycles. The van der Waals surface area contributed by atoms with Crippen LogP contribution in [0.15, 0.2) is 88.7 Å². The van der Waals surface area contributed by atoms with E-state index in [1.165, 1.54) is 4.46 Å².